The van der Waals surface area contributed by atoms with Crippen LogP contribution in [0.2, 0.25) is 0 Å². The molecule has 0 bridgehead atoms. The lowest BCUT2D eigenvalue weighted by molar-refractivity contribution is -0.119. The largest absolute Gasteiger partial charge is 0.360 e. The maximum atomic E-state index is 12.0. The average Bonchev–Trinajstić information content (AvgIpc) is 2.37. The molecule has 92 valence electrons. The maximum Gasteiger partial charge on any atom is 0.275 e. The number of aromatic nitrogens is 1. The first-order valence-corrected chi connectivity index (χ1v) is 5.27. The summed E-state index contributed by atoms with van der Waals surface area (Å²) in [5.74, 6) is -1.07. The smallest absolute Gasteiger partial charge is 0.275 e. The second-order valence-electron chi connectivity index (χ2n) is 3.71. The van der Waals surface area contributed by atoms with Crippen molar-refractivity contribution in [3.05, 3.63) is 46.2 Å². The van der Waals surface area contributed by atoms with Gasteiger partial charge in [-0.05, 0) is 12.1 Å². The summed E-state index contributed by atoms with van der Waals surface area (Å²) in [5.41, 5.74) is 4.49. The number of carbonyl (C=O) groups excluding carboxylic acids is 2. The van der Waals surface area contributed by atoms with E-state index in [2.05, 4.69) is 15.8 Å². The number of carbonyl (C=O) groups is 2. The number of rotatable bonds is 1. The summed E-state index contributed by atoms with van der Waals surface area (Å²) < 4.78 is 0. The number of H-pyrrole nitrogens is 1. The highest BCUT2D eigenvalue weighted by Gasteiger charge is 2.12. The average molecular weight is 245 g/mol. The van der Waals surface area contributed by atoms with Gasteiger partial charge in [0.1, 0.15) is 5.56 Å². The number of pyridine rings is 1. The van der Waals surface area contributed by atoms with Crippen LogP contribution in [0.5, 0.6) is 0 Å². The van der Waals surface area contributed by atoms with Gasteiger partial charge in [0.15, 0.2) is 0 Å². The first-order valence-electron chi connectivity index (χ1n) is 5.27. The van der Waals surface area contributed by atoms with Crippen molar-refractivity contribution in [3.8, 4) is 0 Å². The fourth-order valence-corrected chi connectivity index (χ4v) is 1.55. The number of amides is 2. The van der Waals surface area contributed by atoms with Crippen LogP contribution in [-0.4, -0.2) is 16.8 Å². The molecule has 1 aromatic heterocycles. The van der Waals surface area contributed by atoms with E-state index in [-0.39, 0.29) is 11.0 Å². The van der Waals surface area contributed by atoms with Gasteiger partial charge in [-0.2, -0.15) is 0 Å². The van der Waals surface area contributed by atoms with Crippen LogP contribution < -0.4 is 16.3 Å². The number of aromatic amines is 1. The van der Waals surface area contributed by atoms with Gasteiger partial charge in [0, 0.05) is 24.0 Å². The Kier molecular flexibility index (Phi) is 3.09. The van der Waals surface area contributed by atoms with E-state index in [9.17, 15) is 14.4 Å². The molecule has 0 saturated heterocycles. The van der Waals surface area contributed by atoms with E-state index in [1.165, 1.54) is 13.1 Å². The zero-order valence-corrected chi connectivity index (χ0v) is 9.61. The van der Waals surface area contributed by atoms with Gasteiger partial charge < -0.3 is 4.98 Å². The molecule has 18 heavy (non-hydrogen) atoms. The van der Waals surface area contributed by atoms with Gasteiger partial charge in [-0.1, -0.05) is 12.1 Å². The standard InChI is InChI=1S/C12H11N3O3/c1-7(16)14-15-12(18)9-6-13-10-5-3-2-4-8(10)11(9)17/h2-6H,1H3,(H,13,17)(H,14,16)(H,15,18). The van der Waals surface area contributed by atoms with E-state index in [1.807, 2.05) is 0 Å². The van der Waals surface area contributed by atoms with Crippen LogP contribution in [0.25, 0.3) is 10.9 Å². The Morgan fingerprint density at radius 1 is 1.17 bits per heavy atom. The topological polar surface area (TPSA) is 91.1 Å². The first kappa shape index (κ1) is 11.8. The van der Waals surface area contributed by atoms with E-state index in [0.29, 0.717) is 10.9 Å². The predicted octanol–water partition coefficient (Wildman–Crippen LogP) is 0.309. The van der Waals surface area contributed by atoms with Gasteiger partial charge in [-0.15, -0.1) is 0 Å². The summed E-state index contributed by atoms with van der Waals surface area (Å²) in [5, 5.41) is 0.424. The van der Waals surface area contributed by atoms with Gasteiger partial charge in [-0.3, -0.25) is 25.2 Å². The Labute approximate surface area is 102 Å². The normalized spacial score (nSPS) is 10.1. The molecule has 2 aromatic rings. The number of para-hydroxylation sites is 1. The molecule has 0 aliphatic carbocycles. The van der Waals surface area contributed by atoms with E-state index in [4.69, 9.17) is 0 Å². The van der Waals surface area contributed by atoms with E-state index in [0.717, 1.165) is 0 Å². The molecule has 0 atom stereocenters. The molecule has 2 amide bonds. The lowest BCUT2D eigenvalue weighted by Gasteiger charge is -2.05. The number of hydrazine groups is 1. The Balaban J connectivity index is 2.40. The van der Waals surface area contributed by atoms with Crippen LogP contribution in [0.15, 0.2) is 35.3 Å². The third-order valence-electron chi connectivity index (χ3n) is 2.39. The summed E-state index contributed by atoms with van der Waals surface area (Å²) in [7, 11) is 0. The molecule has 1 aromatic carbocycles. The minimum absolute atomic E-state index is 0.0533. The highest BCUT2D eigenvalue weighted by molar-refractivity contribution is 5.97. The second kappa shape index (κ2) is 4.70. The summed E-state index contributed by atoms with van der Waals surface area (Å²) in [4.78, 5) is 37.2. The first-order chi connectivity index (χ1) is 8.59. The molecule has 0 fully saturated rings. The highest BCUT2D eigenvalue weighted by atomic mass is 16.2. The molecule has 6 heteroatoms. The third-order valence-corrected chi connectivity index (χ3v) is 2.39. The molecule has 0 aliphatic heterocycles. The minimum Gasteiger partial charge on any atom is -0.360 e. The monoisotopic (exact) mass is 245 g/mol. The number of hydrogen-bond donors (Lipinski definition) is 3. The molecule has 0 radical (unpaired) electrons. The molecule has 3 N–H and O–H groups in total. The van der Waals surface area contributed by atoms with Crippen molar-refractivity contribution in [3.63, 3.8) is 0 Å². The third kappa shape index (κ3) is 2.22. The van der Waals surface area contributed by atoms with Crippen LogP contribution >= 0.6 is 0 Å². The SMILES string of the molecule is CC(=O)NNC(=O)c1c[nH]c2ccccc2c1=O. The van der Waals surface area contributed by atoms with Crippen molar-refractivity contribution in [2.45, 2.75) is 6.92 Å². The summed E-state index contributed by atoms with van der Waals surface area (Å²) in [6.07, 6.45) is 1.32. The van der Waals surface area contributed by atoms with Crippen molar-refractivity contribution < 1.29 is 9.59 Å². The van der Waals surface area contributed by atoms with Gasteiger partial charge in [0.05, 0.1) is 0 Å². The molecule has 6 nitrogen and oxygen atoms in total. The van der Waals surface area contributed by atoms with Gasteiger partial charge in [-0.25, -0.2) is 0 Å². The van der Waals surface area contributed by atoms with Crippen LogP contribution in [0.1, 0.15) is 17.3 Å². The lowest BCUT2D eigenvalue weighted by Crippen LogP contribution is -2.42. The van der Waals surface area contributed by atoms with Crippen LogP contribution in [0, 0.1) is 0 Å². The molecular formula is C12H11N3O3. The molecule has 2 rings (SSSR count). The van der Waals surface area contributed by atoms with Gasteiger partial charge >= 0.3 is 0 Å². The van der Waals surface area contributed by atoms with Crippen molar-refractivity contribution >= 4 is 22.7 Å². The van der Waals surface area contributed by atoms with Crippen molar-refractivity contribution in [1.29, 1.82) is 0 Å². The highest BCUT2D eigenvalue weighted by Crippen LogP contribution is 2.06. The summed E-state index contributed by atoms with van der Waals surface area (Å²) >= 11 is 0. The molecule has 0 aliphatic rings. The Hall–Kier alpha value is -2.63. The summed E-state index contributed by atoms with van der Waals surface area (Å²) in [6, 6.07) is 6.87. The second-order valence-corrected chi connectivity index (χ2v) is 3.71. The van der Waals surface area contributed by atoms with Crippen molar-refractivity contribution in [2.75, 3.05) is 0 Å². The fraction of sp³-hybridized carbons (Fsp3) is 0.0833. The Morgan fingerprint density at radius 3 is 2.61 bits per heavy atom. The molecular weight excluding hydrogens is 234 g/mol. The number of benzene rings is 1. The zero-order valence-electron chi connectivity index (χ0n) is 9.61. The predicted molar refractivity (Wildman–Crippen MR) is 65.9 cm³/mol. The number of nitrogens with one attached hydrogen (secondary N) is 3. The zero-order chi connectivity index (χ0) is 13.1. The molecule has 0 unspecified atom stereocenters. The van der Waals surface area contributed by atoms with E-state index in [1.54, 1.807) is 24.3 Å². The van der Waals surface area contributed by atoms with E-state index >= 15 is 0 Å². The molecule has 0 saturated carbocycles. The number of hydrogen-bond acceptors (Lipinski definition) is 3. The molecule has 0 spiro atoms. The maximum absolute atomic E-state index is 12.0. The van der Waals surface area contributed by atoms with Gasteiger partial charge in [0.2, 0.25) is 11.3 Å². The van der Waals surface area contributed by atoms with Crippen LogP contribution in [0.3, 0.4) is 0 Å². The van der Waals surface area contributed by atoms with Crippen LogP contribution in [0.4, 0.5) is 0 Å². The lowest BCUT2D eigenvalue weighted by atomic mass is 10.1. The quantitative estimate of drug-likeness (QED) is 0.631. The Morgan fingerprint density at radius 2 is 1.89 bits per heavy atom. The molecule has 1 heterocycles. The number of fused-ring (bicyclic) bond motifs is 1. The van der Waals surface area contributed by atoms with Gasteiger partial charge in [0.25, 0.3) is 5.91 Å². The van der Waals surface area contributed by atoms with E-state index < -0.39 is 11.8 Å². The van der Waals surface area contributed by atoms with Crippen molar-refractivity contribution in [2.24, 2.45) is 0 Å². The van der Waals surface area contributed by atoms with Crippen LogP contribution in [-0.2, 0) is 4.79 Å². The van der Waals surface area contributed by atoms with Crippen molar-refractivity contribution in [1.82, 2.24) is 15.8 Å². The summed E-state index contributed by atoms with van der Waals surface area (Å²) in [6.45, 7) is 1.25. The minimum atomic E-state index is -0.655. The fourth-order valence-electron chi connectivity index (χ4n) is 1.55. The Bertz CT molecular complexity index is 676.